The Kier molecular flexibility index (Phi) is 26.3. The Hall–Kier alpha value is -6.92. The van der Waals surface area contributed by atoms with Gasteiger partial charge in [-0.3, -0.25) is 9.59 Å². The number of fused-ring (bicyclic) bond motifs is 4. The Morgan fingerprint density at radius 3 is 1.23 bits per heavy atom. The topological polar surface area (TPSA) is 170 Å². The highest BCUT2D eigenvalue weighted by Crippen LogP contribution is 2.55. The van der Waals surface area contributed by atoms with E-state index in [1.807, 2.05) is 93.6 Å². The molecule has 20 heteroatoms. The molecule has 2 amide bonds. The van der Waals surface area contributed by atoms with Gasteiger partial charge in [0, 0.05) is 76.4 Å². The van der Waals surface area contributed by atoms with Crippen molar-refractivity contribution in [3.8, 4) is 45.3 Å². The van der Waals surface area contributed by atoms with E-state index in [1.165, 1.54) is 22.3 Å². The monoisotopic (exact) mass is 1410 g/mol. The van der Waals surface area contributed by atoms with Crippen LogP contribution in [0.25, 0.3) is 33.6 Å². The molecule has 6 aromatic carbocycles. The number of hydrogen-bond donors (Lipinski definition) is 0. The van der Waals surface area contributed by atoms with Gasteiger partial charge in [0.15, 0.2) is 0 Å². The molecule has 1 fully saturated rings. The lowest BCUT2D eigenvalue weighted by Gasteiger charge is -2.33. The van der Waals surface area contributed by atoms with E-state index < -0.39 is 23.7 Å². The minimum atomic E-state index is -0.551. The third kappa shape index (κ3) is 17.4. The Labute approximate surface area is 587 Å². The van der Waals surface area contributed by atoms with Crippen LogP contribution in [0.2, 0.25) is 0 Å². The summed E-state index contributed by atoms with van der Waals surface area (Å²) in [6.07, 6.45) is 3.20. The predicted molar refractivity (Wildman–Crippen MR) is 383 cm³/mol. The van der Waals surface area contributed by atoms with E-state index in [4.69, 9.17) is 66.2 Å². The van der Waals surface area contributed by atoms with Crippen LogP contribution < -0.4 is 24.4 Å². The quantitative estimate of drug-likeness (QED) is 0.0262. The van der Waals surface area contributed by atoms with Gasteiger partial charge in [0.25, 0.3) is 11.8 Å². The van der Waals surface area contributed by atoms with Crippen LogP contribution in [0.4, 0.5) is 0 Å². The summed E-state index contributed by atoms with van der Waals surface area (Å²) in [6.45, 7) is 21.9. The second-order valence-corrected chi connectivity index (χ2v) is 26.5. The van der Waals surface area contributed by atoms with E-state index in [-0.39, 0.29) is 37.1 Å². The smallest absolute Gasteiger partial charge is 0.491 e. The lowest BCUT2D eigenvalue weighted by Crippen LogP contribution is -2.41. The minimum absolute atomic E-state index is 0.0647. The summed E-state index contributed by atoms with van der Waals surface area (Å²) in [7, 11) is 4.45. The third-order valence-electron chi connectivity index (χ3n) is 18.6. The van der Waals surface area contributed by atoms with Gasteiger partial charge < -0.3 is 76.0 Å². The van der Waals surface area contributed by atoms with Crippen molar-refractivity contribution in [3.63, 3.8) is 0 Å². The summed E-state index contributed by atoms with van der Waals surface area (Å²) >= 11 is 3.64. The molecule has 98 heavy (non-hydrogen) atoms. The first-order valence-corrected chi connectivity index (χ1v) is 35.2. The van der Waals surface area contributed by atoms with Crippen LogP contribution in [0.5, 0.6) is 23.0 Å². The van der Waals surface area contributed by atoms with Crippen LogP contribution in [-0.2, 0) is 75.3 Å². The van der Waals surface area contributed by atoms with Crippen LogP contribution in [-0.4, -0.2) is 174 Å². The molecule has 18 nitrogen and oxygen atoms in total. The van der Waals surface area contributed by atoms with E-state index in [1.54, 1.807) is 31.1 Å². The lowest BCUT2D eigenvalue weighted by molar-refractivity contribution is -0.124. The molecule has 524 valence electrons. The van der Waals surface area contributed by atoms with Crippen LogP contribution >= 0.6 is 15.9 Å². The molecule has 1 saturated heterocycles. The maximum atomic E-state index is 16.1. The Bertz CT molecular complexity index is 3660. The van der Waals surface area contributed by atoms with Gasteiger partial charge in [0.2, 0.25) is 0 Å². The van der Waals surface area contributed by atoms with Gasteiger partial charge in [-0.25, -0.2) is 0 Å². The van der Waals surface area contributed by atoms with Crippen molar-refractivity contribution >= 4 is 51.7 Å². The normalized spacial score (nSPS) is 15.8. The molecule has 3 aliphatic heterocycles. The first kappa shape index (κ1) is 73.8. The largest absolute Gasteiger partial charge is 0.494 e. The number of carbonyl (C=O) groups excluding carboxylic acids is 2. The zero-order valence-electron chi connectivity index (χ0n) is 58.7. The number of nitrogens with zero attached hydrogens (tertiary/aromatic N) is 2. The van der Waals surface area contributed by atoms with Crippen LogP contribution in [0, 0.1) is 0 Å². The van der Waals surface area contributed by atoms with Gasteiger partial charge in [-0.15, -0.1) is 0 Å². The second-order valence-electron chi connectivity index (χ2n) is 25.6. The molecule has 4 aliphatic rings. The lowest BCUT2D eigenvalue weighted by atomic mass is 9.69. The number of ether oxygens (including phenoxy) is 12. The Morgan fingerprint density at radius 1 is 0.418 bits per heavy atom. The van der Waals surface area contributed by atoms with Gasteiger partial charge in [-0.2, -0.15) is 0 Å². The average Bonchev–Trinajstić information content (AvgIpc) is 1.56. The highest BCUT2D eigenvalue weighted by Gasteiger charge is 2.53. The number of hydrogen-bond acceptors (Lipinski definition) is 16. The van der Waals surface area contributed by atoms with Crippen LogP contribution in [0.15, 0.2) is 137 Å². The SMILES string of the molecule is CCOCCOc1cc(CN2C(=O)C3=C(c4ccc(Br)cc4)N(Cc4cc(OCCOCC)cc(OCCOCC)c4)C(=O)C3=C2c2ccc(-c3ccc4c(c3)C(CCCOCCOC)(CCCOCCOC)c3cc(B5OC(C)(C)C(C)(C)O5)ccc3-4)cc2)cc(OCCOC)c1. The van der Waals surface area contributed by atoms with Crippen LogP contribution in [0.3, 0.4) is 0 Å². The molecule has 6 aromatic rings. The summed E-state index contributed by atoms with van der Waals surface area (Å²) < 4.78 is 84.5. The van der Waals surface area contributed by atoms with Crippen molar-refractivity contribution < 1.29 is 75.7 Å². The number of carbonyl (C=O) groups is 2. The highest BCUT2D eigenvalue weighted by atomic mass is 79.9. The molecule has 0 saturated carbocycles. The van der Waals surface area contributed by atoms with Gasteiger partial charge >= 0.3 is 7.12 Å². The van der Waals surface area contributed by atoms with Crippen molar-refractivity contribution in [1.29, 1.82) is 0 Å². The molecular weight excluding hydrogens is 1310 g/mol. The number of halogens is 1. The number of rotatable bonds is 41. The molecule has 0 N–H and O–H groups in total. The molecular formula is C78H96BBrN2O16. The van der Waals surface area contributed by atoms with Crippen molar-refractivity contribution in [2.75, 3.05) is 134 Å². The molecule has 0 atom stereocenters. The number of amides is 2. The number of methoxy groups -OCH3 is 3. The summed E-state index contributed by atoms with van der Waals surface area (Å²) in [6, 6.07) is 40.7. The second kappa shape index (κ2) is 34.9. The molecule has 10 rings (SSSR count). The van der Waals surface area contributed by atoms with E-state index in [2.05, 4.69) is 92.2 Å². The summed E-state index contributed by atoms with van der Waals surface area (Å²) in [5.74, 6) is 1.50. The highest BCUT2D eigenvalue weighted by molar-refractivity contribution is 9.10. The zero-order chi connectivity index (χ0) is 69.2. The zero-order valence-corrected chi connectivity index (χ0v) is 60.3. The van der Waals surface area contributed by atoms with E-state index in [9.17, 15) is 0 Å². The van der Waals surface area contributed by atoms with Gasteiger partial charge in [0.1, 0.15) is 49.4 Å². The predicted octanol–water partition coefficient (Wildman–Crippen LogP) is 13.0. The third-order valence-corrected chi connectivity index (χ3v) is 19.1. The Morgan fingerprint density at radius 2 is 0.796 bits per heavy atom. The van der Waals surface area contributed by atoms with E-state index >= 15 is 9.59 Å². The maximum absolute atomic E-state index is 16.1. The molecule has 0 radical (unpaired) electrons. The van der Waals surface area contributed by atoms with Crippen molar-refractivity contribution in [1.82, 2.24) is 9.80 Å². The molecule has 0 spiro atoms. The fourth-order valence-corrected chi connectivity index (χ4v) is 13.4. The molecule has 3 heterocycles. The van der Waals surface area contributed by atoms with Gasteiger partial charge in [-0.05, 0) is 178 Å². The van der Waals surface area contributed by atoms with Gasteiger partial charge in [-0.1, -0.05) is 82.7 Å². The fraction of sp³-hybridized carbons (Fsp3) is 0.462. The van der Waals surface area contributed by atoms with Gasteiger partial charge in [0.05, 0.1) is 99.7 Å². The fourth-order valence-electron chi connectivity index (χ4n) is 13.1. The van der Waals surface area contributed by atoms with E-state index in [0.717, 1.165) is 57.9 Å². The van der Waals surface area contributed by atoms with E-state index in [0.29, 0.717) is 157 Å². The Balaban J connectivity index is 1.09. The first-order chi connectivity index (χ1) is 47.6. The average molecular weight is 1410 g/mol. The molecule has 0 unspecified atom stereocenters. The molecule has 0 aromatic heterocycles. The summed E-state index contributed by atoms with van der Waals surface area (Å²) in [5, 5.41) is 0. The standard InChI is InChI=1S/C78H96BBrN2O16/c1-11-88-37-41-94-63-45-54(44-62(50-63)93-40-34-87-10)52-81-72(70-71(75(81)84)73(58-20-24-61(80)25-21-58)82(74(70)83)53-55-46-64(95-42-38-89-12-2)51-65(47-55)96-43-39-90-13-3)57-18-16-56(17-19-57)59-22-26-66-67-27-23-60(79-97-76(4,5)77(6,7)98-79)49-69(67)78(68(66)48-59,28-14-30-91-35-32-85-8)29-15-31-92-36-33-86-9/h16-27,44-51H,11-15,28-43,52-53H2,1-10H3. The van der Waals surface area contributed by atoms with Crippen molar-refractivity contribution in [2.24, 2.45) is 0 Å². The first-order valence-electron chi connectivity index (χ1n) is 34.4. The summed E-state index contributed by atoms with van der Waals surface area (Å²) in [4.78, 5) is 35.6. The van der Waals surface area contributed by atoms with Crippen LogP contribution in [0.1, 0.15) is 108 Å². The maximum Gasteiger partial charge on any atom is 0.494 e. The minimum Gasteiger partial charge on any atom is -0.491 e. The molecule has 1 aliphatic carbocycles. The van der Waals surface area contributed by atoms with Crippen molar-refractivity contribution in [3.05, 3.63) is 170 Å². The summed E-state index contributed by atoms with van der Waals surface area (Å²) in [5.41, 5.74) is 10.6. The van der Waals surface area contributed by atoms with Crippen molar-refractivity contribution in [2.45, 2.75) is 104 Å². The molecule has 0 bridgehead atoms. The number of benzene rings is 6.